The Hall–Kier alpha value is -0.910. The Labute approximate surface area is 121 Å². The number of ether oxygens (including phenoxy) is 1. The summed E-state index contributed by atoms with van der Waals surface area (Å²) in [6, 6.07) is 10.1. The Morgan fingerprint density at radius 2 is 1.80 bits per heavy atom. The minimum absolute atomic E-state index is 0.245. The van der Waals surface area contributed by atoms with Crippen LogP contribution in [-0.4, -0.2) is 27.3 Å². The smallest absolute Gasteiger partial charge is 0.211 e. The van der Waals surface area contributed by atoms with Gasteiger partial charge in [0.1, 0.15) is 0 Å². The summed E-state index contributed by atoms with van der Waals surface area (Å²) in [5.41, 5.74) is 1.19. The van der Waals surface area contributed by atoms with E-state index in [0.717, 1.165) is 25.7 Å². The lowest BCUT2D eigenvalue weighted by Crippen LogP contribution is -2.30. The van der Waals surface area contributed by atoms with E-state index in [1.807, 2.05) is 18.2 Å². The third kappa shape index (κ3) is 4.89. The molecule has 1 N–H and O–H groups in total. The first kappa shape index (κ1) is 15.5. The van der Waals surface area contributed by atoms with Crippen molar-refractivity contribution >= 4 is 10.0 Å². The van der Waals surface area contributed by atoms with Crippen molar-refractivity contribution in [1.82, 2.24) is 4.72 Å². The molecule has 4 nitrogen and oxygen atoms in total. The van der Waals surface area contributed by atoms with Crippen LogP contribution >= 0.6 is 0 Å². The highest BCUT2D eigenvalue weighted by atomic mass is 32.2. The zero-order valence-electron chi connectivity index (χ0n) is 11.9. The first-order valence-corrected chi connectivity index (χ1v) is 8.81. The number of benzene rings is 1. The van der Waals surface area contributed by atoms with E-state index in [-0.39, 0.29) is 17.8 Å². The molecule has 112 valence electrons. The largest absolute Gasteiger partial charge is 0.374 e. The van der Waals surface area contributed by atoms with E-state index < -0.39 is 10.0 Å². The van der Waals surface area contributed by atoms with E-state index in [9.17, 15) is 8.42 Å². The molecule has 0 atom stereocenters. The van der Waals surface area contributed by atoms with Crippen LogP contribution < -0.4 is 4.72 Å². The summed E-state index contributed by atoms with van der Waals surface area (Å²) in [6.07, 6.45) is 4.04. The van der Waals surface area contributed by atoms with E-state index in [2.05, 4.69) is 16.9 Å². The maximum absolute atomic E-state index is 11.5. The Balaban J connectivity index is 1.72. The molecule has 0 spiro atoms. The molecule has 0 amide bonds. The van der Waals surface area contributed by atoms with Crippen LogP contribution in [0, 0.1) is 5.92 Å². The number of hydrogen-bond donors (Lipinski definition) is 1. The summed E-state index contributed by atoms with van der Waals surface area (Å²) in [6.45, 7) is 0.644. The van der Waals surface area contributed by atoms with Crippen molar-refractivity contribution in [1.29, 1.82) is 0 Å². The second-order valence-corrected chi connectivity index (χ2v) is 7.40. The van der Waals surface area contributed by atoms with Crippen LogP contribution in [0.2, 0.25) is 0 Å². The van der Waals surface area contributed by atoms with Crippen molar-refractivity contribution < 1.29 is 13.2 Å². The number of nitrogens with one attached hydrogen (secondary N) is 1. The summed E-state index contributed by atoms with van der Waals surface area (Å²) in [5, 5.41) is 0. The first-order chi connectivity index (χ1) is 9.59. The van der Waals surface area contributed by atoms with Crippen LogP contribution in [0.25, 0.3) is 0 Å². The predicted octanol–water partition coefficient (Wildman–Crippen LogP) is 2.31. The molecule has 0 unspecified atom stereocenters. The van der Waals surface area contributed by atoms with E-state index in [4.69, 9.17) is 4.74 Å². The summed E-state index contributed by atoms with van der Waals surface area (Å²) >= 11 is 0. The highest BCUT2D eigenvalue weighted by Gasteiger charge is 2.25. The fraction of sp³-hybridized carbons (Fsp3) is 0.600. The number of rotatable bonds is 6. The van der Waals surface area contributed by atoms with Crippen LogP contribution in [0.4, 0.5) is 0 Å². The van der Waals surface area contributed by atoms with Crippen molar-refractivity contribution in [2.75, 3.05) is 12.8 Å². The lowest BCUT2D eigenvalue weighted by atomic mass is 9.89. The van der Waals surface area contributed by atoms with E-state index in [0.29, 0.717) is 6.61 Å². The van der Waals surface area contributed by atoms with Gasteiger partial charge in [0.05, 0.1) is 18.5 Å². The third-order valence-electron chi connectivity index (χ3n) is 3.89. The highest BCUT2D eigenvalue weighted by Crippen LogP contribution is 2.27. The second kappa shape index (κ2) is 7.20. The van der Waals surface area contributed by atoms with Crippen molar-refractivity contribution in [2.45, 2.75) is 38.4 Å². The molecule has 0 radical (unpaired) electrons. The van der Waals surface area contributed by atoms with Crippen LogP contribution in [0.15, 0.2) is 30.3 Å². The van der Waals surface area contributed by atoms with Gasteiger partial charge in [0, 0.05) is 0 Å². The van der Waals surface area contributed by atoms with Gasteiger partial charge < -0.3 is 4.74 Å². The number of sulfonamides is 1. The minimum Gasteiger partial charge on any atom is -0.374 e. The van der Waals surface area contributed by atoms with Gasteiger partial charge in [-0.05, 0) is 44.2 Å². The molecule has 1 saturated carbocycles. The molecule has 2 rings (SSSR count). The van der Waals surface area contributed by atoms with Crippen LogP contribution in [0.3, 0.4) is 0 Å². The van der Waals surface area contributed by atoms with E-state index in [1.54, 1.807) is 0 Å². The zero-order valence-corrected chi connectivity index (χ0v) is 12.7. The van der Waals surface area contributed by atoms with E-state index >= 15 is 0 Å². The normalized spacial score (nSPS) is 23.6. The summed E-state index contributed by atoms with van der Waals surface area (Å²) < 4.78 is 31.3. The van der Waals surface area contributed by atoms with Gasteiger partial charge in [0.2, 0.25) is 10.0 Å². The van der Waals surface area contributed by atoms with Gasteiger partial charge in [0.15, 0.2) is 0 Å². The van der Waals surface area contributed by atoms with Crippen molar-refractivity contribution in [3.05, 3.63) is 35.9 Å². The van der Waals surface area contributed by atoms with Crippen LogP contribution in [-0.2, 0) is 21.4 Å². The maximum Gasteiger partial charge on any atom is 0.211 e. The van der Waals surface area contributed by atoms with Crippen molar-refractivity contribution in [3.8, 4) is 0 Å². The topological polar surface area (TPSA) is 55.4 Å². The lowest BCUT2D eigenvalue weighted by Gasteiger charge is -2.28. The van der Waals surface area contributed by atoms with Gasteiger partial charge in [-0.25, -0.2) is 13.1 Å². The molecule has 5 heteroatoms. The van der Waals surface area contributed by atoms with Crippen molar-refractivity contribution in [2.24, 2.45) is 5.92 Å². The molecule has 1 aliphatic carbocycles. The Morgan fingerprint density at radius 1 is 1.15 bits per heavy atom. The molecule has 0 saturated heterocycles. The minimum atomic E-state index is -3.08. The summed E-state index contributed by atoms with van der Waals surface area (Å²) in [4.78, 5) is 0. The van der Waals surface area contributed by atoms with Gasteiger partial charge in [-0.2, -0.15) is 0 Å². The lowest BCUT2D eigenvalue weighted by molar-refractivity contribution is 0.00902. The summed E-state index contributed by atoms with van der Waals surface area (Å²) in [5.74, 6) is 0.513. The van der Waals surface area contributed by atoms with Gasteiger partial charge in [-0.1, -0.05) is 30.3 Å². The molecular formula is C15H23NO3S. The van der Waals surface area contributed by atoms with Crippen LogP contribution in [0.1, 0.15) is 31.2 Å². The zero-order chi connectivity index (χ0) is 14.4. The molecule has 0 bridgehead atoms. The maximum atomic E-state index is 11.5. The standard InChI is InChI=1S/C15H23NO3S/c1-16-20(17,18)12-14-7-9-15(10-8-14)19-11-13-5-3-2-4-6-13/h2-6,14-16H,7-12H2,1H3. The molecule has 1 aliphatic rings. The van der Waals surface area contributed by atoms with Crippen LogP contribution in [0.5, 0.6) is 0 Å². The SMILES string of the molecule is CNS(=O)(=O)CC1CCC(OCc2ccccc2)CC1. The molecule has 20 heavy (non-hydrogen) atoms. The van der Waals surface area contributed by atoms with Crippen molar-refractivity contribution in [3.63, 3.8) is 0 Å². The van der Waals surface area contributed by atoms with Gasteiger partial charge >= 0.3 is 0 Å². The monoisotopic (exact) mass is 297 g/mol. The predicted molar refractivity (Wildman–Crippen MR) is 79.8 cm³/mol. The summed E-state index contributed by atoms with van der Waals surface area (Å²) in [7, 11) is -1.61. The fourth-order valence-corrected chi connectivity index (χ4v) is 3.77. The van der Waals surface area contributed by atoms with Gasteiger partial charge in [-0.3, -0.25) is 0 Å². The molecule has 1 aromatic carbocycles. The average molecular weight is 297 g/mol. The Bertz CT molecular complexity index is 493. The molecular weight excluding hydrogens is 274 g/mol. The van der Waals surface area contributed by atoms with Gasteiger partial charge in [0.25, 0.3) is 0 Å². The number of hydrogen-bond acceptors (Lipinski definition) is 3. The molecule has 1 aromatic rings. The molecule has 0 aliphatic heterocycles. The third-order valence-corrected chi connectivity index (χ3v) is 5.42. The fourth-order valence-electron chi connectivity index (χ4n) is 2.65. The second-order valence-electron chi connectivity index (χ2n) is 5.42. The Kier molecular flexibility index (Phi) is 5.57. The van der Waals surface area contributed by atoms with E-state index in [1.165, 1.54) is 12.6 Å². The molecule has 0 aromatic heterocycles. The molecule has 1 fully saturated rings. The first-order valence-electron chi connectivity index (χ1n) is 7.16. The molecule has 0 heterocycles. The Morgan fingerprint density at radius 3 is 2.40 bits per heavy atom. The average Bonchev–Trinajstić information content (AvgIpc) is 2.47. The van der Waals surface area contributed by atoms with Gasteiger partial charge in [-0.15, -0.1) is 0 Å². The quantitative estimate of drug-likeness (QED) is 0.876. The highest BCUT2D eigenvalue weighted by molar-refractivity contribution is 7.89.